The van der Waals surface area contributed by atoms with Crippen LogP contribution in [0.1, 0.15) is 34.7 Å². The van der Waals surface area contributed by atoms with Crippen LogP contribution < -0.4 is 9.46 Å². The van der Waals surface area contributed by atoms with Crippen LogP contribution >= 0.6 is 0 Å². The van der Waals surface area contributed by atoms with Gasteiger partial charge in [-0.25, -0.2) is 13.1 Å². The third-order valence-electron chi connectivity index (χ3n) is 4.97. The van der Waals surface area contributed by atoms with Crippen LogP contribution in [0.5, 0.6) is 5.75 Å². The number of methoxy groups -OCH3 is 1. The Kier molecular flexibility index (Phi) is 6.10. The molecule has 8 heteroatoms. The highest BCUT2D eigenvalue weighted by atomic mass is 32.2. The van der Waals surface area contributed by atoms with Gasteiger partial charge in [0.05, 0.1) is 12.0 Å². The summed E-state index contributed by atoms with van der Waals surface area (Å²) in [6.07, 6.45) is 1.70. The standard InChI is InChI=1S/C20H26N2O5S/c1-14-11-15(2)27-19(14)20(23)22-10-4-5-16(13-22)12-21-28(24,25)18-8-6-17(26-3)7-9-18/h6-9,11,16,21H,4-5,10,12-13H2,1-3H3. The molecule has 1 aliphatic heterocycles. The Hall–Kier alpha value is -2.32. The summed E-state index contributed by atoms with van der Waals surface area (Å²) in [4.78, 5) is 14.7. The molecule has 0 bridgehead atoms. The van der Waals surface area contributed by atoms with Crippen molar-refractivity contribution in [2.24, 2.45) is 5.92 Å². The van der Waals surface area contributed by atoms with Crippen LogP contribution in [0, 0.1) is 19.8 Å². The summed E-state index contributed by atoms with van der Waals surface area (Å²) in [6, 6.07) is 8.10. The largest absolute Gasteiger partial charge is 0.497 e. The zero-order chi connectivity index (χ0) is 20.3. The number of rotatable bonds is 6. The fourth-order valence-corrected chi connectivity index (χ4v) is 4.60. The number of sulfonamides is 1. The highest BCUT2D eigenvalue weighted by Crippen LogP contribution is 2.22. The van der Waals surface area contributed by atoms with Crippen LogP contribution in [0.25, 0.3) is 0 Å². The maximum atomic E-state index is 12.7. The lowest BCUT2D eigenvalue weighted by Crippen LogP contribution is -2.43. The van der Waals surface area contributed by atoms with Crippen LogP contribution in [0.2, 0.25) is 0 Å². The molecule has 1 amide bonds. The molecule has 1 aromatic carbocycles. The van der Waals surface area contributed by atoms with E-state index in [0.717, 1.165) is 18.4 Å². The molecule has 152 valence electrons. The molecular formula is C20H26N2O5S. The van der Waals surface area contributed by atoms with Gasteiger partial charge in [0.25, 0.3) is 5.91 Å². The quantitative estimate of drug-likeness (QED) is 0.797. The first-order valence-electron chi connectivity index (χ1n) is 9.30. The molecule has 1 fully saturated rings. The molecule has 1 atom stereocenters. The molecule has 1 aliphatic rings. The van der Waals surface area contributed by atoms with E-state index in [4.69, 9.17) is 9.15 Å². The third kappa shape index (κ3) is 4.56. The van der Waals surface area contributed by atoms with Gasteiger partial charge in [-0.15, -0.1) is 0 Å². The van der Waals surface area contributed by atoms with Gasteiger partial charge < -0.3 is 14.1 Å². The molecule has 0 radical (unpaired) electrons. The summed E-state index contributed by atoms with van der Waals surface area (Å²) in [7, 11) is -2.07. The molecule has 1 aromatic heterocycles. The first kappa shape index (κ1) is 20.4. The summed E-state index contributed by atoms with van der Waals surface area (Å²) in [5.74, 6) is 1.61. The van der Waals surface area contributed by atoms with Crippen LogP contribution in [0.4, 0.5) is 0 Å². The molecule has 0 spiro atoms. The highest BCUT2D eigenvalue weighted by molar-refractivity contribution is 7.89. The zero-order valence-corrected chi connectivity index (χ0v) is 17.2. The van der Waals surface area contributed by atoms with Gasteiger partial charge in [0.1, 0.15) is 11.5 Å². The van der Waals surface area contributed by atoms with Crippen molar-refractivity contribution in [3.8, 4) is 5.75 Å². The molecule has 1 unspecified atom stereocenters. The van der Waals surface area contributed by atoms with E-state index < -0.39 is 10.0 Å². The predicted octanol–water partition coefficient (Wildman–Crippen LogP) is 2.74. The summed E-state index contributed by atoms with van der Waals surface area (Å²) < 4.78 is 38.3. The number of amides is 1. The highest BCUT2D eigenvalue weighted by Gasteiger charge is 2.28. The molecule has 0 aliphatic carbocycles. The monoisotopic (exact) mass is 406 g/mol. The molecule has 1 saturated heterocycles. The number of piperidine rings is 1. The minimum atomic E-state index is -3.61. The fraction of sp³-hybridized carbons (Fsp3) is 0.450. The van der Waals surface area contributed by atoms with Gasteiger partial charge in [-0.05, 0) is 62.9 Å². The molecule has 28 heavy (non-hydrogen) atoms. The van der Waals surface area contributed by atoms with Crippen molar-refractivity contribution in [2.75, 3.05) is 26.7 Å². The minimum absolute atomic E-state index is 0.0575. The Morgan fingerprint density at radius 3 is 2.61 bits per heavy atom. The maximum absolute atomic E-state index is 12.7. The number of nitrogens with zero attached hydrogens (tertiary/aromatic N) is 1. The van der Waals surface area contributed by atoms with Gasteiger partial charge in [-0.2, -0.15) is 0 Å². The second-order valence-electron chi connectivity index (χ2n) is 7.16. The lowest BCUT2D eigenvalue weighted by atomic mass is 9.98. The van der Waals surface area contributed by atoms with Gasteiger partial charge in [-0.3, -0.25) is 4.79 Å². The molecule has 2 aromatic rings. The minimum Gasteiger partial charge on any atom is -0.497 e. The van der Waals surface area contributed by atoms with Gasteiger partial charge in [0.15, 0.2) is 5.76 Å². The Morgan fingerprint density at radius 2 is 2.00 bits per heavy atom. The van der Waals surface area contributed by atoms with Crippen LogP contribution in [0.15, 0.2) is 39.6 Å². The number of hydrogen-bond donors (Lipinski definition) is 1. The number of nitrogens with one attached hydrogen (secondary N) is 1. The van der Waals surface area contributed by atoms with Crippen molar-refractivity contribution in [3.05, 3.63) is 47.4 Å². The van der Waals surface area contributed by atoms with Crippen LogP contribution in [0.3, 0.4) is 0 Å². The summed E-state index contributed by atoms with van der Waals surface area (Å²) >= 11 is 0. The lowest BCUT2D eigenvalue weighted by Gasteiger charge is -2.32. The van der Waals surface area contributed by atoms with Gasteiger partial charge >= 0.3 is 0 Å². The van der Waals surface area contributed by atoms with Crippen molar-refractivity contribution < 1.29 is 22.4 Å². The van der Waals surface area contributed by atoms with Crippen LogP contribution in [-0.4, -0.2) is 46.0 Å². The number of carbonyl (C=O) groups is 1. The van der Waals surface area contributed by atoms with E-state index >= 15 is 0 Å². The third-order valence-corrected chi connectivity index (χ3v) is 6.41. The van der Waals surface area contributed by atoms with E-state index in [0.29, 0.717) is 30.4 Å². The van der Waals surface area contributed by atoms with E-state index in [1.54, 1.807) is 17.0 Å². The summed E-state index contributed by atoms with van der Waals surface area (Å²) in [5, 5.41) is 0. The lowest BCUT2D eigenvalue weighted by molar-refractivity contribution is 0.0642. The van der Waals surface area contributed by atoms with Crippen molar-refractivity contribution in [2.45, 2.75) is 31.6 Å². The molecule has 3 rings (SSSR count). The number of hydrogen-bond acceptors (Lipinski definition) is 5. The molecule has 7 nitrogen and oxygen atoms in total. The first-order chi connectivity index (χ1) is 13.3. The molecule has 0 saturated carbocycles. The zero-order valence-electron chi connectivity index (χ0n) is 16.4. The van der Waals surface area contributed by atoms with Crippen molar-refractivity contribution in [1.82, 2.24) is 9.62 Å². The number of benzene rings is 1. The Labute approximate surface area is 165 Å². The second-order valence-corrected chi connectivity index (χ2v) is 8.92. The molecule has 2 heterocycles. The van der Waals surface area contributed by atoms with Gasteiger partial charge in [0.2, 0.25) is 10.0 Å². The number of carbonyl (C=O) groups excluding carboxylic acids is 1. The van der Waals surface area contributed by atoms with E-state index in [2.05, 4.69) is 4.72 Å². The normalized spacial score (nSPS) is 17.5. The predicted molar refractivity (Wildman–Crippen MR) is 105 cm³/mol. The first-order valence-corrected chi connectivity index (χ1v) is 10.8. The van der Waals surface area contributed by atoms with Gasteiger partial charge in [-0.1, -0.05) is 0 Å². The Morgan fingerprint density at radius 1 is 1.29 bits per heavy atom. The van der Waals surface area contributed by atoms with Crippen molar-refractivity contribution >= 4 is 15.9 Å². The average molecular weight is 407 g/mol. The second kappa shape index (κ2) is 8.36. The Balaban J connectivity index is 1.61. The van der Waals surface area contributed by atoms with Crippen molar-refractivity contribution in [3.63, 3.8) is 0 Å². The average Bonchev–Trinajstić information content (AvgIpc) is 3.04. The van der Waals surface area contributed by atoms with Crippen molar-refractivity contribution in [1.29, 1.82) is 0 Å². The maximum Gasteiger partial charge on any atom is 0.289 e. The van der Waals surface area contributed by atoms with E-state index in [-0.39, 0.29) is 23.3 Å². The van der Waals surface area contributed by atoms with E-state index in [1.807, 2.05) is 19.9 Å². The Bertz CT molecular complexity index is 934. The van der Waals surface area contributed by atoms with E-state index in [1.165, 1.54) is 19.2 Å². The van der Waals surface area contributed by atoms with Crippen LogP contribution in [-0.2, 0) is 10.0 Å². The molecule has 1 N–H and O–H groups in total. The summed E-state index contributed by atoms with van der Waals surface area (Å²) in [6.45, 7) is 5.11. The topological polar surface area (TPSA) is 88.9 Å². The number of likely N-dealkylation sites (tertiary alicyclic amines) is 1. The smallest absolute Gasteiger partial charge is 0.289 e. The number of furan rings is 1. The summed E-state index contributed by atoms with van der Waals surface area (Å²) in [5.41, 5.74) is 0.824. The molecular weight excluding hydrogens is 380 g/mol. The fourth-order valence-electron chi connectivity index (χ4n) is 3.48. The SMILES string of the molecule is COc1ccc(S(=O)(=O)NCC2CCCN(C(=O)c3oc(C)cc3C)C2)cc1. The number of aryl methyl sites for hydroxylation is 2. The van der Waals surface area contributed by atoms with Gasteiger partial charge in [0, 0.05) is 25.2 Å². The number of ether oxygens (including phenoxy) is 1. The van der Waals surface area contributed by atoms with E-state index in [9.17, 15) is 13.2 Å².